The van der Waals surface area contributed by atoms with Gasteiger partial charge in [0.1, 0.15) is 11.4 Å². The Kier molecular flexibility index (Phi) is 2.58. The molecule has 0 bridgehead atoms. The highest BCUT2D eigenvalue weighted by atomic mass is 16.6. The lowest BCUT2D eigenvalue weighted by atomic mass is 9.48. The van der Waals surface area contributed by atoms with Crippen molar-refractivity contribution in [3.8, 4) is 5.75 Å². The molecule has 0 unspecified atom stereocenters. The van der Waals surface area contributed by atoms with E-state index in [0.29, 0.717) is 10.8 Å². The maximum atomic E-state index is 6.24. The van der Waals surface area contributed by atoms with E-state index >= 15 is 0 Å². The van der Waals surface area contributed by atoms with Crippen LogP contribution in [0.25, 0.3) is 0 Å². The maximum Gasteiger partial charge on any atom is 0.119 e. The molecule has 0 N–H and O–H groups in total. The quantitative estimate of drug-likeness (QED) is 0.685. The first-order chi connectivity index (χ1) is 12.0. The molecule has 1 heterocycles. The molecule has 3 saturated carbocycles. The molecule has 0 radical (unpaired) electrons. The van der Waals surface area contributed by atoms with Crippen LogP contribution in [0.4, 0.5) is 0 Å². The van der Waals surface area contributed by atoms with Gasteiger partial charge in [0.25, 0.3) is 0 Å². The minimum absolute atomic E-state index is 0.237. The molecule has 6 rings (SSSR count). The van der Waals surface area contributed by atoms with Gasteiger partial charge in [0.15, 0.2) is 0 Å². The molecule has 2 nitrogen and oxygen atoms in total. The third-order valence-corrected chi connectivity index (χ3v) is 9.70. The van der Waals surface area contributed by atoms with Crippen molar-refractivity contribution in [2.24, 2.45) is 34.5 Å². The first kappa shape index (κ1) is 15.1. The molecule has 5 aliphatic rings. The summed E-state index contributed by atoms with van der Waals surface area (Å²) in [4.78, 5) is 0. The molecule has 1 aliphatic heterocycles. The summed E-state index contributed by atoms with van der Waals surface area (Å²) < 4.78 is 11.7. The second kappa shape index (κ2) is 4.27. The zero-order valence-corrected chi connectivity index (χ0v) is 16.0. The van der Waals surface area contributed by atoms with Gasteiger partial charge in [0.2, 0.25) is 0 Å². The van der Waals surface area contributed by atoms with Crippen molar-refractivity contribution >= 4 is 0 Å². The Morgan fingerprint density at radius 2 is 2.04 bits per heavy atom. The Morgan fingerprint density at radius 1 is 1.24 bits per heavy atom. The topological polar surface area (TPSA) is 21.8 Å². The van der Waals surface area contributed by atoms with Gasteiger partial charge in [-0.2, -0.15) is 0 Å². The molecular weight excluding hydrogens is 308 g/mol. The Bertz CT molecular complexity index is 765. The van der Waals surface area contributed by atoms with Crippen molar-refractivity contribution in [1.29, 1.82) is 0 Å². The van der Waals surface area contributed by atoms with Crippen molar-refractivity contribution in [2.45, 2.75) is 58.0 Å². The van der Waals surface area contributed by atoms with Crippen LogP contribution in [0.3, 0.4) is 0 Å². The predicted octanol–water partition coefficient (Wildman–Crippen LogP) is 4.81. The van der Waals surface area contributed by atoms with Crippen LogP contribution in [-0.2, 0) is 11.2 Å². The lowest BCUT2D eigenvalue weighted by molar-refractivity contribution is -0.0479. The second-order valence-electron chi connectivity index (χ2n) is 10.1. The Hall–Kier alpha value is -1.02. The summed E-state index contributed by atoms with van der Waals surface area (Å²) in [6.45, 7) is 8.66. The van der Waals surface area contributed by atoms with Crippen molar-refractivity contribution in [2.75, 3.05) is 13.7 Å². The normalized spacial score (nSPS) is 54.3. The van der Waals surface area contributed by atoms with Crippen LogP contribution in [0, 0.1) is 34.5 Å². The van der Waals surface area contributed by atoms with Gasteiger partial charge in [-0.25, -0.2) is 0 Å². The second-order valence-corrected chi connectivity index (χ2v) is 10.1. The standard InChI is InChI=1S/C23H30O2/c1-13-9-15-10-16(24-4)5-6-17(15)18-7-8-21(3)22(20(13)18)11-19(22)14(2)23(21)12-25-23/h5-6,10,13-14,18-20H,7-9,11-12H2,1-4H3/t13-,14+,18-,19+,20-,21+,22-,23+/m1/s1. The summed E-state index contributed by atoms with van der Waals surface area (Å²) >= 11 is 0. The minimum Gasteiger partial charge on any atom is -0.497 e. The fourth-order valence-electron chi connectivity index (χ4n) is 8.60. The van der Waals surface area contributed by atoms with E-state index in [9.17, 15) is 0 Å². The molecule has 2 spiro atoms. The van der Waals surface area contributed by atoms with Crippen molar-refractivity contribution in [3.63, 3.8) is 0 Å². The van der Waals surface area contributed by atoms with Gasteiger partial charge < -0.3 is 9.47 Å². The molecule has 4 fully saturated rings. The molecule has 0 aromatic heterocycles. The Balaban J connectivity index is 1.47. The lowest BCUT2D eigenvalue weighted by Gasteiger charge is -2.55. The van der Waals surface area contributed by atoms with Crippen LogP contribution in [-0.4, -0.2) is 19.3 Å². The summed E-state index contributed by atoms with van der Waals surface area (Å²) in [5.74, 6) is 5.07. The first-order valence-corrected chi connectivity index (χ1v) is 10.3. The molecule has 8 atom stereocenters. The van der Waals surface area contributed by atoms with Crippen LogP contribution in [0.5, 0.6) is 5.75 Å². The predicted molar refractivity (Wildman–Crippen MR) is 97.8 cm³/mol. The number of hydrogen-bond donors (Lipinski definition) is 0. The minimum atomic E-state index is 0.237. The smallest absolute Gasteiger partial charge is 0.119 e. The summed E-state index contributed by atoms with van der Waals surface area (Å²) in [6, 6.07) is 6.88. The molecule has 2 heteroatoms. The molecular formula is C23H30O2. The highest BCUT2D eigenvalue weighted by molar-refractivity contribution is 5.44. The Labute approximate surface area is 151 Å². The van der Waals surface area contributed by atoms with Gasteiger partial charge in [-0.15, -0.1) is 0 Å². The first-order valence-electron chi connectivity index (χ1n) is 10.3. The molecule has 4 aliphatic carbocycles. The van der Waals surface area contributed by atoms with Crippen LogP contribution in [0.15, 0.2) is 18.2 Å². The van der Waals surface area contributed by atoms with Gasteiger partial charge in [-0.3, -0.25) is 0 Å². The third kappa shape index (κ3) is 1.43. The van der Waals surface area contributed by atoms with E-state index in [1.807, 2.05) is 0 Å². The fraction of sp³-hybridized carbons (Fsp3) is 0.739. The summed E-state index contributed by atoms with van der Waals surface area (Å²) in [5, 5.41) is 0. The van der Waals surface area contributed by atoms with Gasteiger partial charge in [-0.1, -0.05) is 26.8 Å². The number of methoxy groups -OCH3 is 1. The van der Waals surface area contributed by atoms with Gasteiger partial charge >= 0.3 is 0 Å². The van der Waals surface area contributed by atoms with E-state index in [-0.39, 0.29) is 5.60 Å². The van der Waals surface area contributed by atoms with Crippen LogP contribution < -0.4 is 4.74 Å². The molecule has 1 aromatic rings. The van der Waals surface area contributed by atoms with Crippen LogP contribution in [0.1, 0.15) is 57.1 Å². The molecule has 1 saturated heterocycles. The zero-order valence-electron chi connectivity index (χ0n) is 16.0. The van der Waals surface area contributed by atoms with E-state index in [2.05, 4.69) is 39.0 Å². The molecule has 134 valence electrons. The number of rotatable bonds is 1. The largest absolute Gasteiger partial charge is 0.497 e. The van der Waals surface area contributed by atoms with Crippen LogP contribution >= 0.6 is 0 Å². The average Bonchev–Trinajstić information content (AvgIpc) is 3.50. The highest BCUT2D eigenvalue weighted by Crippen LogP contribution is 2.88. The average molecular weight is 338 g/mol. The number of hydrogen-bond acceptors (Lipinski definition) is 2. The number of benzene rings is 1. The molecule has 0 amide bonds. The van der Waals surface area contributed by atoms with E-state index in [4.69, 9.17) is 9.47 Å². The zero-order chi connectivity index (χ0) is 17.2. The number of epoxide rings is 1. The van der Waals surface area contributed by atoms with Gasteiger partial charge in [-0.05, 0) is 83.9 Å². The van der Waals surface area contributed by atoms with Gasteiger partial charge in [0.05, 0.1) is 13.7 Å². The SMILES string of the molecule is COc1ccc2c(c1)C[C@@H](C)[C@@H]1[C@@H]2CC[C@@]2(C)[C@@]13C[C@H]3[C@H](C)[C@@]21CO1. The van der Waals surface area contributed by atoms with E-state index in [0.717, 1.165) is 41.9 Å². The van der Waals surface area contributed by atoms with E-state index < -0.39 is 0 Å². The number of ether oxygens (including phenoxy) is 2. The maximum absolute atomic E-state index is 6.24. The fourth-order valence-corrected chi connectivity index (χ4v) is 8.60. The number of fused-ring (bicyclic) bond motifs is 4. The summed E-state index contributed by atoms with van der Waals surface area (Å²) in [6.07, 6.45) is 5.39. The lowest BCUT2D eigenvalue weighted by Crippen LogP contribution is -2.52. The van der Waals surface area contributed by atoms with E-state index in [1.165, 1.54) is 25.7 Å². The molecule has 25 heavy (non-hydrogen) atoms. The van der Waals surface area contributed by atoms with Gasteiger partial charge in [0, 0.05) is 5.41 Å². The van der Waals surface area contributed by atoms with Crippen LogP contribution in [0.2, 0.25) is 0 Å². The van der Waals surface area contributed by atoms with Crippen molar-refractivity contribution in [1.82, 2.24) is 0 Å². The molecule has 1 aromatic carbocycles. The van der Waals surface area contributed by atoms with Crippen molar-refractivity contribution in [3.05, 3.63) is 29.3 Å². The Morgan fingerprint density at radius 3 is 2.76 bits per heavy atom. The summed E-state index contributed by atoms with van der Waals surface area (Å²) in [5.41, 5.74) is 4.40. The third-order valence-electron chi connectivity index (χ3n) is 9.70. The van der Waals surface area contributed by atoms with Crippen molar-refractivity contribution < 1.29 is 9.47 Å². The monoisotopic (exact) mass is 338 g/mol. The summed E-state index contributed by atoms with van der Waals surface area (Å²) in [7, 11) is 1.78. The highest BCUT2D eigenvalue weighted by Gasteiger charge is 2.87. The van der Waals surface area contributed by atoms with E-state index in [1.54, 1.807) is 18.2 Å².